The highest BCUT2D eigenvalue weighted by molar-refractivity contribution is 5.47. The third-order valence-electron chi connectivity index (χ3n) is 0. The Morgan fingerprint density at radius 2 is 1.12 bits per heavy atom. The second kappa shape index (κ2) is 60.7. The fourth-order valence-electron chi connectivity index (χ4n) is 0. The molecule has 0 aliphatic rings. The van der Waals surface area contributed by atoms with E-state index in [2.05, 4.69) is 0 Å². The summed E-state index contributed by atoms with van der Waals surface area (Å²) in [5.74, 6) is 0. The van der Waals surface area contributed by atoms with Crippen molar-refractivity contribution in [1.29, 1.82) is 10.5 Å². The van der Waals surface area contributed by atoms with Crippen molar-refractivity contribution in [2.75, 3.05) is 0 Å². The summed E-state index contributed by atoms with van der Waals surface area (Å²) < 4.78 is 0. The first-order chi connectivity index (χ1) is 3.73. The van der Waals surface area contributed by atoms with E-state index in [0.29, 0.717) is 0 Å². The number of carboxylic acid groups (broad SMARTS) is 2. The number of carbonyl (C=O) groups excluding carboxylic acids is 1. The van der Waals surface area contributed by atoms with Gasteiger partial charge in [0.1, 0.15) is 0 Å². The lowest BCUT2D eigenvalue weighted by Crippen LogP contribution is -2.37. The molecule has 0 aromatic carbocycles. The van der Waals surface area contributed by atoms with Gasteiger partial charge >= 0.3 is 0 Å². The first kappa shape index (κ1) is 16.3. The van der Waals surface area contributed by atoms with Crippen LogP contribution in [0.1, 0.15) is 0 Å². The molecule has 8 heavy (non-hydrogen) atoms. The summed E-state index contributed by atoms with van der Waals surface area (Å²) in [6, 6.07) is 0. The number of hydrogen-bond donors (Lipinski definition) is 0. The second-order valence-corrected chi connectivity index (χ2v) is 0.250. The summed E-state index contributed by atoms with van der Waals surface area (Å²) in [4.78, 5) is 8.33. The van der Waals surface area contributed by atoms with E-state index < -0.39 is 6.16 Å². The van der Waals surface area contributed by atoms with Crippen LogP contribution in [0.3, 0.4) is 0 Å². The highest BCUT2D eigenvalue weighted by Crippen LogP contribution is 1.21. The molecular weight excluding hydrogens is 112 g/mol. The van der Waals surface area contributed by atoms with Crippen molar-refractivity contribution in [3.8, 4) is 0 Å². The van der Waals surface area contributed by atoms with Crippen LogP contribution < -0.4 is 10.2 Å². The van der Waals surface area contributed by atoms with Crippen molar-refractivity contribution in [3.05, 3.63) is 13.1 Å². The predicted molar refractivity (Wildman–Crippen MR) is 15.3 cm³/mol. The van der Waals surface area contributed by atoms with Crippen LogP contribution in [0.25, 0.3) is 0 Å². The Balaban J connectivity index is -0.0000000542. The van der Waals surface area contributed by atoms with Crippen LogP contribution in [0.2, 0.25) is 0 Å². The molecule has 0 saturated heterocycles. The highest BCUT2D eigenvalue weighted by atomic mass is 16.6. The fourth-order valence-corrected chi connectivity index (χ4v) is 0. The first-order valence-corrected chi connectivity index (χ1v) is 1.06. The van der Waals surface area contributed by atoms with Crippen molar-refractivity contribution in [1.82, 2.24) is 0 Å². The van der Waals surface area contributed by atoms with Gasteiger partial charge in [-0.3, -0.25) is 0 Å². The van der Waals surface area contributed by atoms with E-state index in [-0.39, 0.29) is 0 Å². The molecule has 5 heteroatoms. The molecule has 0 aliphatic carbocycles. The zero-order valence-electron chi connectivity index (χ0n) is 3.62. The minimum Gasteiger partial charge on any atom is -0.652 e. The molecule has 0 radical (unpaired) electrons. The van der Waals surface area contributed by atoms with Crippen LogP contribution in [-0.4, -0.2) is 6.16 Å². The Kier molecular flexibility index (Phi) is 124. The highest BCUT2D eigenvalue weighted by Gasteiger charge is 1.26. The Morgan fingerprint density at radius 3 is 1.12 bits per heavy atom. The van der Waals surface area contributed by atoms with Crippen LogP contribution in [0.4, 0.5) is 4.79 Å². The van der Waals surface area contributed by atoms with Gasteiger partial charge in [-0.2, -0.15) is 0 Å². The van der Waals surface area contributed by atoms with Gasteiger partial charge in [0, 0.05) is 0 Å². The maximum atomic E-state index is 8.33. The van der Waals surface area contributed by atoms with Gasteiger partial charge in [-0.1, -0.05) is 0 Å². The molecule has 0 rings (SSSR count). The van der Waals surface area contributed by atoms with Crippen LogP contribution >= 0.6 is 0 Å². The molecule has 0 fully saturated rings. The molecule has 0 N–H and O–H groups in total. The van der Waals surface area contributed by atoms with E-state index in [0.717, 1.165) is 0 Å². The van der Waals surface area contributed by atoms with Gasteiger partial charge in [-0.25, -0.2) is 0 Å². The Bertz CT molecular complexity index is 75.0. The van der Waals surface area contributed by atoms with Gasteiger partial charge in [0.25, 0.3) is 0 Å². The molecule has 0 aromatic heterocycles. The van der Waals surface area contributed by atoms with E-state index >= 15 is 0 Å². The molecule has 0 spiro atoms. The standard InChI is InChI=1S/2CN.CH2O3/c2*1-2;2-1(3)4/h;;(H2,2,3,4)/q2*-1;/p-2. The summed E-state index contributed by atoms with van der Waals surface area (Å²) in [6.07, 6.45) is -2.33. The van der Waals surface area contributed by atoms with Crippen molar-refractivity contribution in [3.63, 3.8) is 0 Å². The average Bonchev–Trinajstić information content (AvgIpc) is 1.75. The average molecular weight is 112 g/mol. The van der Waals surface area contributed by atoms with E-state index in [1.807, 2.05) is 0 Å². The lowest BCUT2D eigenvalue weighted by Gasteiger charge is -1.96. The molecule has 0 atom stereocenters. The molecule has 0 saturated carbocycles. The van der Waals surface area contributed by atoms with Gasteiger partial charge in [-0.05, 0) is 6.16 Å². The third kappa shape index (κ3) is 14.7. The third-order valence-corrected chi connectivity index (χ3v) is 0. The maximum absolute atomic E-state index is 8.33. The summed E-state index contributed by atoms with van der Waals surface area (Å²) in [5, 5.41) is 29.2. The number of rotatable bonds is 0. The van der Waals surface area contributed by atoms with Crippen LogP contribution in [0.5, 0.6) is 0 Å². The summed E-state index contributed by atoms with van der Waals surface area (Å²) in [6.45, 7) is 9.50. The Labute approximate surface area is 46.0 Å². The second-order valence-electron chi connectivity index (χ2n) is 0.250. The zero-order chi connectivity index (χ0) is 7.58. The van der Waals surface area contributed by atoms with Crippen LogP contribution in [-0.2, 0) is 0 Å². The minimum absolute atomic E-state index is 2.33. The number of hydrogen-bond acceptors (Lipinski definition) is 5. The molecular formula is C3N2O3-4. The Hall–Kier alpha value is -1.75. The molecule has 0 aromatic rings. The zero-order valence-corrected chi connectivity index (χ0v) is 3.62. The first-order valence-electron chi connectivity index (χ1n) is 1.06. The molecule has 0 unspecified atom stereocenters. The number of carbonyl (C=O) groups is 1. The van der Waals surface area contributed by atoms with Gasteiger partial charge in [0.15, 0.2) is 0 Å². The minimum atomic E-state index is -2.33. The summed E-state index contributed by atoms with van der Waals surface area (Å²) in [7, 11) is 0. The van der Waals surface area contributed by atoms with Gasteiger partial charge < -0.3 is 38.7 Å². The van der Waals surface area contributed by atoms with E-state index in [1.165, 1.54) is 0 Å². The number of nitrogens with zero attached hydrogens (tertiary/aromatic N) is 2. The monoisotopic (exact) mass is 112 g/mol. The predicted octanol–water partition coefficient (Wildman–Crippen LogP) is -2.25. The summed E-state index contributed by atoms with van der Waals surface area (Å²) in [5.41, 5.74) is 0. The van der Waals surface area contributed by atoms with E-state index in [9.17, 15) is 0 Å². The normalized spacial score (nSPS) is 3.50. The van der Waals surface area contributed by atoms with Gasteiger partial charge in [0.05, 0.1) is 0 Å². The quantitative estimate of drug-likeness (QED) is 0.328. The van der Waals surface area contributed by atoms with Crippen molar-refractivity contribution < 1.29 is 15.0 Å². The maximum Gasteiger partial charge on any atom is -0.0431 e. The van der Waals surface area contributed by atoms with Gasteiger partial charge in [0.2, 0.25) is 0 Å². The fraction of sp³-hybridized carbons (Fsp3) is 0. The lowest BCUT2D eigenvalue weighted by molar-refractivity contribution is -0.415. The van der Waals surface area contributed by atoms with Crippen molar-refractivity contribution >= 4 is 6.16 Å². The van der Waals surface area contributed by atoms with Crippen molar-refractivity contribution in [2.24, 2.45) is 0 Å². The molecule has 0 heterocycles. The summed E-state index contributed by atoms with van der Waals surface area (Å²) >= 11 is 0. The topological polar surface area (TPSA) is 111 Å². The molecule has 44 valence electrons. The molecule has 0 amide bonds. The van der Waals surface area contributed by atoms with Crippen molar-refractivity contribution in [2.45, 2.75) is 0 Å². The van der Waals surface area contributed by atoms with Crippen LogP contribution in [0.15, 0.2) is 0 Å². The van der Waals surface area contributed by atoms with E-state index in [1.54, 1.807) is 0 Å². The molecule has 0 bridgehead atoms. The Morgan fingerprint density at radius 1 is 1.12 bits per heavy atom. The molecule has 0 aliphatic heterocycles. The smallest absolute Gasteiger partial charge is 0.0431 e. The SMILES string of the molecule is O=C([O-])[O-].[C-]#N.[C-]#N. The largest absolute Gasteiger partial charge is 0.652 e. The molecule has 5 nitrogen and oxygen atoms in total. The van der Waals surface area contributed by atoms with Crippen LogP contribution in [0, 0.1) is 23.7 Å². The lowest BCUT2D eigenvalue weighted by atomic mass is 11.5. The van der Waals surface area contributed by atoms with Gasteiger partial charge in [-0.15, -0.1) is 0 Å². The van der Waals surface area contributed by atoms with E-state index in [4.69, 9.17) is 38.7 Å².